The molecule has 0 bridgehead atoms. The molecular weight excluding hydrogens is 166 g/mol. The Bertz CT molecular complexity index is 117. The molecule has 0 heterocycles. The summed E-state index contributed by atoms with van der Waals surface area (Å²) in [6.07, 6.45) is 1.23. The van der Waals surface area contributed by atoms with Crippen LogP contribution in [0.1, 0.15) is 27.2 Å². The van der Waals surface area contributed by atoms with Gasteiger partial charge in [-0.05, 0) is 26.2 Å². The maximum atomic E-state index is 5.87. The van der Waals surface area contributed by atoms with Crippen LogP contribution in [0.25, 0.3) is 0 Å². The molecule has 0 aliphatic heterocycles. The molecule has 13 heavy (non-hydrogen) atoms. The maximum Gasteiger partial charge on any atom is 0.0621 e. The number of ether oxygens (including phenoxy) is 2. The van der Waals surface area contributed by atoms with Crippen LogP contribution in [0, 0.1) is 5.92 Å². The van der Waals surface area contributed by atoms with E-state index in [9.17, 15) is 0 Å². The van der Waals surface area contributed by atoms with Crippen LogP contribution in [0.3, 0.4) is 0 Å². The average molecular weight is 189 g/mol. The Morgan fingerprint density at radius 3 is 2.23 bits per heavy atom. The van der Waals surface area contributed by atoms with Gasteiger partial charge in [0, 0.05) is 19.8 Å². The van der Waals surface area contributed by atoms with E-state index < -0.39 is 0 Å². The molecule has 0 aromatic rings. The zero-order valence-corrected chi connectivity index (χ0v) is 9.25. The Morgan fingerprint density at radius 2 is 1.77 bits per heavy atom. The third-order valence-electron chi connectivity index (χ3n) is 1.80. The van der Waals surface area contributed by atoms with Crippen molar-refractivity contribution in [1.29, 1.82) is 0 Å². The minimum absolute atomic E-state index is 0.132. The monoisotopic (exact) mass is 189 g/mol. The van der Waals surface area contributed by atoms with Gasteiger partial charge in [-0.25, -0.2) is 0 Å². The van der Waals surface area contributed by atoms with Crippen LogP contribution in [-0.4, -0.2) is 32.5 Å². The van der Waals surface area contributed by atoms with Gasteiger partial charge in [-0.2, -0.15) is 0 Å². The summed E-state index contributed by atoms with van der Waals surface area (Å²) in [5, 5.41) is 0. The molecule has 0 rings (SSSR count). The lowest BCUT2D eigenvalue weighted by Gasteiger charge is -2.17. The van der Waals surface area contributed by atoms with Gasteiger partial charge < -0.3 is 15.2 Å². The first-order valence-corrected chi connectivity index (χ1v) is 4.92. The molecule has 0 spiro atoms. The van der Waals surface area contributed by atoms with Gasteiger partial charge in [0.2, 0.25) is 0 Å². The van der Waals surface area contributed by atoms with Gasteiger partial charge >= 0.3 is 0 Å². The molecule has 0 amide bonds. The second-order valence-corrected chi connectivity index (χ2v) is 3.94. The van der Waals surface area contributed by atoms with Crippen LogP contribution in [-0.2, 0) is 9.47 Å². The predicted molar refractivity (Wildman–Crippen MR) is 54.7 cm³/mol. The van der Waals surface area contributed by atoms with E-state index in [1.165, 1.54) is 0 Å². The van der Waals surface area contributed by atoms with Crippen LogP contribution in [0.2, 0.25) is 0 Å². The molecule has 2 unspecified atom stereocenters. The second-order valence-electron chi connectivity index (χ2n) is 3.94. The van der Waals surface area contributed by atoms with Crippen LogP contribution >= 0.6 is 0 Å². The highest BCUT2D eigenvalue weighted by molar-refractivity contribution is 4.65. The van der Waals surface area contributed by atoms with Crippen LogP contribution in [0.15, 0.2) is 0 Å². The van der Waals surface area contributed by atoms with E-state index in [0.717, 1.165) is 13.0 Å². The fourth-order valence-electron chi connectivity index (χ4n) is 1.25. The fraction of sp³-hybridized carbons (Fsp3) is 1.00. The third kappa shape index (κ3) is 8.22. The van der Waals surface area contributed by atoms with E-state index in [1.54, 1.807) is 7.11 Å². The predicted octanol–water partition coefficient (Wildman–Crippen LogP) is 1.41. The van der Waals surface area contributed by atoms with Crippen molar-refractivity contribution in [3.8, 4) is 0 Å². The summed E-state index contributed by atoms with van der Waals surface area (Å²) in [5.74, 6) is 0.510. The standard InChI is InChI=1S/C10H23NO2/c1-8(2)13-7-10(11)5-9(3)6-12-4/h8-10H,5-7,11H2,1-4H3. The molecule has 2 atom stereocenters. The molecule has 2 N–H and O–H groups in total. The van der Waals surface area contributed by atoms with Crippen molar-refractivity contribution >= 4 is 0 Å². The Kier molecular flexibility index (Phi) is 7.23. The van der Waals surface area contributed by atoms with Gasteiger partial charge in [-0.1, -0.05) is 6.92 Å². The Balaban J connectivity index is 3.43. The highest BCUT2D eigenvalue weighted by Crippen LogP contribution is 2.05. The summed E-state index contributed by atoms with van der Waals surface area (Å²) in [4.78, 5) is 0. The fourth-order valence-corrected chi connectivity index (χ4v) is 1.25. The molecule has 3 nitrogen and oxygen atoms in total. The van der Waals surface area contributed by atoms with Gasteiger partial charge in [0.1, 0.15) is 0 Å². The van der Waals surface area contributed by atoms with E-state index in [1.807, 2.05) is 13.8 Å². The number of hydrogen-bond acceptors (Lipinski definition) is 3. The van der Waals surface area contributed by atoms with Gasteiger partial charge in [0.25, 0.3) is 0 Å². The van der Waals surface area contributed by atoms with Gasteiger partial charge in [-0.15, -0.1) is 0 Å². The minimum atomic E-state index is 0.132. The lowest BCUT2D eigenvalue weighted by molar-refractivity contribution is 0.0600. The minimum Gasteiger partial charge on any atom is -0.384 e. The summed E-state index contributed by atoms with van der Waals surface area (Å²) in [6.45, 7) is 7.59. The highest BCUT2D eigenvalue weighted by atomic mass is 16.5. The number of nitrogens with two attached hydrogens (primary N) is 1. The van der Waals surface area contributed by atoms with E-state index >= 15 is 0 Å². The van der Waals surface area contributed by atoms with Crippen molar-refractivity contribution in [3.63, 3.8) is 0 Å². The van der Waals surface area contributed by atoms with Crippen molar-refractivity contribution in [1.82, 2.24) is 0 Å². The molecule has 3 heteroatoms. The van der Waals surface area contributed by atoms with Crippen molar-refractivity contribution < 1.29 is 9.47 Å². The Hall–Kier alpha value is -0.120. The highest BCUT2D eigenvalue weighted by Gasteiger charge is 2.09. The summed E-state index contributed by atoms with van der Waals surface area (Å²) in [6, 6.07) is 0.132. The summed E-state index contributed by atoms with van der Waals surface area (Å²) >= 11 is 0. The lowest BCUT2D eigenvalue weighted by atomic mass is 10.0. The van der Waals surface area contributed by atoms with Gasteiger partial charge in [-0.3, -0.25) is 0 Å². The molecule has 80 valence electrons. The van der Waals surface area contributed by atoms with Crippen LogP contribution < -0.4 is 5.73 Å². The molecule has 0 fully saturated rings. The first kappa shape index (κ1) is 12.9. The summed E-state index contributed by atoms with van der Waals surface area (Å²) < 4.78 is 10.5. The number of hydrogen-bond donors (Lipinski definition) is 1. The molecule has 0 saturated heterocycles. The number of methoxy groups -OCH3 is 1. The summed E-state index contributed by atoms with van der Waals surface area (Å²) in [7, 11) is 1.71. The quantitative estimate of drug-likeness (QED) is 0.658. The zero-order chi connectivity index (χ0) is 10.3. The number of rotatable bonds is 7. The van der Waals surface area contributed by atoms with Crippen molar-refractivity contribution in [3.05, 3.63) is 0 Å². The first-order valence-electron chi connectivity index (χ1n) is 4.92. The van der Waals surface area contributed by atoms with Gasteiger partial charge in [0.05, 0.1) is 12.7 Å². The van der Waals surface area contributed by atoms with E-state index in [0.29, 0.717) is 12.5 Å². The third-order valence-corrected chi connectivity index (χ3v) is 1.80. The topological polar surface area (TPSA) is 44.5 Å². The molecule has 0 aliphatic rings. The van der Waals surface area contributed by atoms with Gasteiger partial charge in [0.15, 0.2) is 0 Å². The molecule has 0 aromatic heterocycles. The Labute approximate surface area is 81.6 Å². The normalized spacial score (nSPS) is 16.2. The van der Waals surface area contributed by atoms with Crippen molar-refractivity contribution in [2.24, 2.45) is 11.7 Å². The van der Waals surface area contributed by atoms with Crippen molar-refractivity contribution in [2.75, 3.05) is 20.3 Å². The average Bonchev–Trinajstić information content (AvgIpc) is 2.01. The molecular formula is C10H23NO2. The SMILES string of the molecule is COCC(C)CC(N)COC(C)C. The smallest absolute Gasteiger partial charge is 0.0621 e. The molecule has 0 aromatic carbocycles. The largest absolute Gasteiger partial charge is 0.384 e. The van der Waals surface area contributed by atoms with Crippen LogP contribution in [0.5, 0.6) is 0 Å². The van der Waals surface area contributed by atoms with Crippen molar-refractivity contribution in [2.45, 2.75) is 39.3 Å². The zero-order valence-electron chi connectivity index (χ0n) is 9.25. The molecule has 0 aliphatic carbocycles. The molecule has 0 radical (unpaired) electrons. The van der Waals surface area contributed by atoms with E-state index in [-0.39, 0.29) is 12.1 Å². The first-order chi connectivity index (χ1) is 6.06. The lowest BCUT2D eigenvalue weighted by Crippen LogP contribution is -2.30. The second kappa shape index (κ2) is 7.30. The Morgan fingerprint density at radius 1 is 1.15 bits per heavy atom. The summed E-state index contributed by atoms with van der Waals surface area (Å²) in [5.41, 5.74) is 5.87. The van der Waals surface area contributed by atoms with E-state index in [4.69, 9.17) is 15.2 Å². The van der Waals surface area contributed by atoms with E-state index in [2.05, 4.69) is 6.92 Å². The maximum absolute atomic E-state index is 5.87. The van der Waals surface area contributed by atoms with Crippen LogP contribution in [0.4, 0.5) is 0 Å². The molecule has 0 saturated carbocycles.